The van der Waals surface area contributed by atoms with Crippen LogP contribution in [0.5, 0.6) is 11.6 Å². The molecule has 0 aliphatic rings. The van der Waals surface area contributed by atoms with Gasteiger partial charge in [-0.05, 0) is 24.5 Å². The van der Waals surface area contributed by atoms with Crippen molar-refractivity contribution >= 4 is 23.2 Å². The summed E-state index contributed by atoms with van der Waals surface area (Å²) < 4.78 is 10.7. The van der Waals surface area contributed by atoms with Crippen molar-refractivity contribution in [1.29, 1.82) is 0 Å². The minimum atomic E-state index is 0.450. The van der Waals surface area contributed by atoms with Crippen LogP contribution in [-0.2, 0) is 6.42 Å². The van der Waals surface area contributed by atoms with Crippen molar-refractivity contribution in [2.75, 3.05) is 13.7 Å². The number of methoxy groups -OCH3 is 1. The molecule has 0 aliphatic heterocycles. The van der Waals surface area contributed by atoms with Gasteiger partial charge in [-0.25, -0.2) is 9.97 Å². The van der Waals surface area contributed by atoms with Gasteiger partial charge in [0.05, 0.1) is 18.7 Å². The molecule has 0 saturated heterocycles. The van der Waals surface area contributed by atoms with Gasteiger partial charge in [0.1, 0.15) is 5.15 Å². The lowest BCUT2D eigenvalue weighted by atomic mass is 10.2. The first-order chi connectivity index (χ1) is 9.69. The van der Waals surface area contributed by atoms with Crippen molar-refractivity contribution in [2.45, 2.75) is 12.8 Å². The first-order valence-corrected chi connectivity index (χ1v) is 6.87. The van der Waals surface area contributed by atoms with E-state index in [2.05, 4.69) is 9.97 Å². The molecule has 0 aromatic carbocycles. The van der Waals surface area contributed by atoms with E-state index in [0.717, 1.165) is 18.4 Å². The van der Waals surface area contributed by atoms with Crippen molar-refractivity contribution in [3.05, 3.63) is 46.3 Å². The fourth-order valence-corrected chi connectivity index (χ4v) is 1.92. The van der Waals surface area contributed by atoms with E-state index < -0.39 is 0 Å². The Bertz CT molecular complexity index is 562. The van der Waals surface area contributed by atoms with Gasteiger partial charge in [-0.2, -0.15) is 0 Å². The van der Waals surface area contributed by atoms with Crippen LogP contribution < -0.4 is 9.47 Å². The molecule has 2 heterocycles. The highest BCUT2D eigenvalue weighted by atomic mass is 35.5. The highest BCUT2D eigenvalue weighted by Crippen LogP contribution is 2.27. The van der Waals surface area contributed by atoms with Crippen molar-refractivity contribution in [1.82, 2.24) is 9.97 Å². The Kier molecular flexibility index (Phi) is 5.44. The Hall–Kier alpha value is -1.52. The zero-order valence-electron chi connectivity index (χ0n) is 11.0. The van der Waals surface area contributed by atoms with E-state index in [-0.39, 0.29) is 0 Å². The Morgan fingerprint density at radius 2 is 2.00 bits per heavy atom. The molecule has 0 saturated carbocycles. The number of ether oxygens (including phenoxy) is 2. The van der Waals surface area contributed by atoms with Crippen LogP contribution in [0.15, 0.2) is 30.6 Å². The van der Waals surface area contributed by atoms with E-state index in [1.807, 2.05) is 6.07 Å². The lowest BCUT2D eigenvalue weighted by Gasteiger charge is -2.09. The standard InChI is InChI=1S/C14H14Cl2N2O2/c1-19-12-7-11(15)9-18-14(12)20-6-2-3-10-4-5-13(16)17-8-10/h4-5,7-9H,2-3,6H2,1H3. The van der Waals surface area contributed by atoms with Crippen LogP contribution in [0, 0.1) is 0 Å². The van der Waals surface area contributed by atoms with Gasteiger partial charge in [0.25, 0.3) is 5.88 Å². The number of nitrogens with zero attached hydrogens (tertiary/aromatic N) is 2. The SMILES string of the molecule is COc1cc(Cl)cnc1OCCCc1ccc(Cl)nc1. The van der Waals surface area contributed by atoms with E-state index in [0.29, 0.717) is 28.4 Å². The van der Waals surface area contributed by atoms with E-state index in [1.165, 1.54) is 6.20 Å². The van der Waals surface area contributed by atoms with Gasteiger partial charge >= 0.3 is 0 Å². The highest BCUT2D eigenvalue weighted by molar-refractivity contribution is 6.30. The van der Waals surface area contributed by atoms with E-state index in [9.17, 15) is 0 Å². The second kappa shape index (κ2) is 7.31. The molecule has 0 fully saturated rings. The molecular weight excluding hydrogens is 299 g/mol. The van der Waals surface area contributed by atoms with Crippen molar-refractivity contribution < 1.29 is 9.47 Å². The molecule has 0 amide bonds. The first kappa shape index (κ1) is 14.9. The average molecular weight is 313 g/mol. The summed E-state index contributed by atoms with van der Waals surface area (Å²) in [5.74, 6) is 0.983. The number of rotatable bonds is 6. The maximum atomic E-state index is 5.83. The van der Waals surface area contributed by atoms with Gasteiger partial charge in [-0.15, -0.1) is 0 Å². The van der Waals surface area contributed by atoms with Gasteiger partial charge in [0.15, 0.2) is 5.75 Å². The maximum absolute atomic E-state index is 5.83. The number of halogens is 2. The van der Waals surface area contributed by atoms with Gasteiger partial charge in [0.2, 0.25) is 0 Å². The molecule has 0 atom stereocenters. The number of aromatic nitrogens is 2. The van der Waals surface area contributed by atoms with Crippen LogP contribution in [0.2, 0.25) is 10.2 Å². The fourth-order valence-electron chi connectivity index (χ4n) is 1.66. The summed E-state index contributed by atoms with van der Waals surface area (Å²) in [5.41, 5.74) is 1.12. The third-order valence-corrected chi connectivity index (χ3v) is 3.07. The van der Waals surface area contributed by atoms with E-state index in [4.69, 9.17) is 32.7 Å². The van der Waals surface area contributed by atoms with Crippen LogP contribution in [0.1, 0.15) is 12.0 Å². The second-order valence-corrected chi connectivity index (χ2v) is 4.93. The number of hydrogen-bond donors (Lipinski definition) is 0. The van der Waals surface area contributed by atoms with Gasteiger partial charge in [-0.1, -0.05) is 29.3 Å². The normalized spacial score (nSPS) is 10.3. The molecule has 4 nitrogen and oxygen atoms in total. The number of hydrogen-bond acceptors (Lipinski definition) is 4. The topological polar surface area (TPSA) is 44.2 Å². The van der Waals surface area contributed by atoms with Gasteiger partial charge in [-0.3, -0.25) is 0 Å². The van der Waals surface area contributed by atoms with Crippen molar-refractivity contribution in [2.24, 2.45) is 0 Å². The second-order valence-electron chi connectivity index (χ2n) is 4.10. The predicted octanol–water partition coefficient (Wildman–Crippen LogP) is 3.80. The Balaban J connectivity index is 1.82. The molecule has 20 heavy (non-hydrogen) atoms. The molecule has 106 valence electrons. The monoisotopic (exact) mass is 312 g/mol. The summed E-state index contributed by atoms with van der Waals surface area (Å²) in [6, 6.07) is 5.41. The first-order valence-electron chi connectivity index (χ1n) is 6.12. The third-order valence-electron chi connectivity index (χ3n) is 2.64. The summed E-state index contributed by atoms with van der Waals surface area (Å²) in [4.78, 5) is 8.13. The van der Waals surface area contributed by atoms with Crippen molar-refractivity contribution in [3.63, 3.8) is 0 Å². The predicted molar refractivity (Wildman–Crippen MR) is 78.9 cm³/mol. The summed E-state index contributed by atoms with van der Waals surface area (Å²) >= 11 is 11.6. The average Bonchev–Trinajstić information content (AvgIpc) is 2.46. The zero-order chi connectivity index (χ0) is 14.4. The summed E-state index contributed by atoms with van der Waals surface area (Å²) in [7, 11) is 1.56. The smallest absolute Gasteiger partial charge is 0.257 e. The zero-order valence-corrected chi connectivity index (χ0v) is 12.5. The Labute approximate surface area is 127 Å². The molecular formula is C14H14Cl2N2O2. The fraction of sp³-hybridized carbons (Fsp3) is 0.286. The molecule has 0 radical (unpaired) electrons. The molecule has 2 rings (SSSR count). The van der Waals surface area contributed by atoms with Crippen LogP contribution in [-0.4, -0.2) is 23.7 Å². The lowest BCUT2D eigenvalue weighted by molar-refractivity contribution is 0.278. The lowest BCUT2D eigenvalue weighted by Crippen LogP contribution is -2.02. The summed E-state index contributed by atoms with van der Waals surface area (Å²) in [6.07, 6.45) is 5.00. The van der Waals surface area contributed by atoms with Crippen LogP contribution in [0.25, 0.3) is 0 Å². The third kappa shape index (κ3) is 4.25. The van der Waals surface area contributed by atoms with Crippen LogP contribution in [0.4, 0.5) is 0 Å². The number of pyridine rings is 2. The van der Waals surface area contributed by atoms with Crippen LogP contribution >= 0.6 is 23.2 Å². The maximum Gasteiger partial charge on any atom is 0.257 e. The van der Waals surface area contributed by atoms with E-state index in [1.54, 1.807) is 25.4 Å². The highest BCUT2D eigenvalue weighted by Gasteiger charge is 2.06. The molecule has 0 N–H and O–H groups in total. The van der Waals surface area contributed by atoms with Crippen LogP contribution in [0.3, 0.4) is 0 Å². The Morgan fingerprint density at radius 3 is 2.70 bits per heavy atom. The van der Waals surface area contributed by atoms with Gasteiger partial charge in [0, 0.05) is 18.5 Å². The molecule has 0 aliphatic carbocycles. The van der Waals surface area contributed by atoms with E-state index >= 15 is 0 Å². The largest absolute Gasteiger partial charge is 0.491 e. The minimum Gasteiger partial charge on any atom is -0.491 e. The Morgan fingerprint density at radius 1 is 1.15 bits per heavy atom. The van der Waals surface area contributed by atoms with Crippen molar-refractivity contribution in [3.8, 4) is 11.6 Å². The molecule has 2 aromatic heterocycles. The summed E-state index contributed by atoms with van der Waals surface area (Å²) in [6.45, 7) is 0.535. The molecule has 0 spiro atoms. The molecule has 0 bridgehead atoms. The molecule has 6 heteroatoms. The minimum absolute atomic E-state index is 0.450. The molecule has 0 unspecified atom stereocenters. The summed E-state index contributed by atoms with van der Waals surface area (Å²) in [5, 5.41) is 1.02. The van der Waals surface area contributed by atoms with Gasteiger partial charge < -0.3 is 9.47 Å². The quantitative estimate of drug-likeness (QED) is 0.601. The molecule has 2 aromatic rings. The number of aryl methyl sites for hydroxylation is 1.